The fraction of sp³-hybridized carbons (Fsp3) is 0.382. The van der Waals surface area contributed by atoms with E-state index in [1.165, 1.54) is 0 Å². The van der Waals surface area contributed by atoms with Crippen molar-refractivity contribution in [3.63, 3.8) is 0 Å². The number of Topliss-reactive ketones (excluding diaryl/α,β-unsaturated/α-hetero) is 4. The van der Waals surface area contributed by atoms with Gasteiger partial charge in [-0.15, -0.1) is 0 Å². The molecule has 2 aliphatic rings. The standard InChI is InChI=1S/C22H30O8.C14H10O8.C11H15IO4.C11H16O4.C10H14O4.Cu/c1-11-15(23-3)19(27-7)13(20(28-8)16(11)24-4)14-21(29-9)17(25-5)12(2)18(26-6)22(14)30-10;1-3-7(15)11(19)5(12(20)8(3)16)6-13(21)9(17)4(2)10(18)14(6)22;1-6-8(13-2)10(15-4)7(12)11(16-5)9(6)14-3;1-7-10(14-4)8(12-2)6-9(13-3)11(7)15-5;1-11-7-5-9(13-3)10(14-4)6-8(7)12-2;/h1-10H3;15,17,20,22H,1-2H3;1-5H3;6H,1-5H3;5-6H,1-4H3;. The van der Waals surface area contributed by atoms with Crippen LogP contribution in [0.5, 0.6) is 115 Å². The minimum atomic E-state index is -1.32. The molecule has 0 saturated heterocycles. The second-order valence-corrected chi connectivity index (χ2v) is 20.7. The van der Waals surface area contributed by atoms with Crippen LogP contribution in [0.3, 0.4) is 0 Å². The van der Waals surface area contributed by atoms with Crippen LogP contribution in [-0.2, 0) is 36.2 Å². The fourth-order valence-electron chi connectivity index (χ4n) is 10.1. The molecular weight excluding hydrogens is 1460 g/mol. The molecule has 0 unspecified atom stereocenters. The number of aliphatic hydroxyl groups excluding tert-OH is 4. The molecular formula is C68H85CuIO28. The van der Waals surface area contributed by atoms with E-state index in [9.17, 15) is 39.6 Å². The molecule has 1 radical (unpaired) electrons. The average molecular weight is 1540 g/mol. The van der Waals surface area contributed by atoms with Gasteiger partial charge in [-0.25, -0.2) is 0 Å². The first kappa shape index (κ1) is 84.3. The molecule has 0 spiro atoms. The monoisotopic (exact) mass is 1540 g/mol. The molecule has 30 heteroatoms. The van der Waals surface area contributed by atoms with Crippen LogP contribution in [0.15, 0.2) is 63.5 Å². The molecule has 0 saturated carbocycles. The summed E-state index contributed by atoms with van der Waals surface area (Å²) >= 11 is 2.15. The van der Waals surface area contributed by atoms with E-state index >= 15 is 0 Å². The zero-order valence-electron chi connectivity index (χ0n) is 59.5. The molecule has 0 aromatic heterocycles. The van der Waals surface area contributed by atoms with Gasteiger partial charge in [-0.05, 0) is 64.1 Å². The van der Waals surface area contributed by atoms with Gasteiger partial charge in [0.15, 0.2) is 138 Å². The molecule has 98 heavy (non-hydrogen) atoms. The van der Waals surface area contributed by atoms with Crippen molar-refractivity contribution in [3.05, 3.63) is 89.4 Å². The van der Waals surface area contributed by atoms with Gasteiger partial charge in [0.1, 0.15) is 3.57 Å². The van der Waals surface area contributed by atoms with Crippen molar-refractivity contribution in [3.8, 4) is 126 Å². The van der Waals surface area contributed by atoms with E-state index in [0.29, 0.717) is 126 Å². The maximum atomic E-state index is 12.0. The first-order valence-electron chi connectivity index (χ1n) is 28.4. The Labute approximate surface area is 593 Å². The van der Waals surface area contributed by atoms with Crippen LogP contribution in [0.25, 0.3) is 11.1 Å². The van der Waals surface area contributed by atoms with Crippen molar-refractivity contribution >= 4 is 45.7 Å². The molecule has 4 N–H and O–H groups in total. The Morgan fingerprint density at radius 3 is 0.622 bits per heavy atom. The van der Waals surface area contributed by atoms with Gasteiger partial charge in [-0.1, -0.05) is 0 Å². The van der Waals surface area contributed by atoms with Gasteiger partial charge < -0.3 is 115 Å². The molecule has 0 heterocycles. The van der Waals surface area contributed by atoms with Crippen LogP contribution in [0.1, 0.15) is 36.1 Å². The summed E-state index contributed by atoms with van der Waals surface area (Å²) in [5.41, 5.74) is 1.26. The summed E-state index contributed by atoms with van der Waals surface area (Å²) in [6, 6.07) is 5.18. The Kier molecular flexibility index (Phi) is 32.9. The van der Waals surface area contributed by atoms with E-state index in [4.69, 9.17) is 94.7 Å². The molecule has 0 fully saturated rings. The zero-order chi connectivity index (χ0) is 73.8. The number of ether oxygens (including phenoxy) is 20. The molecule has 5 aromatic carbocycles. The van der Waals surface area contributed by atoms with E-state index in [-0.39, 0.29) is 17.1 Å². The minimum Gasteiger partial charge on any atom is -0.504 e. The number of halogens is 1. The van der Waals surface area contributed by atoms with Gasteiger partial charge in [-0.3, -0.25) is 19.2 Å². The third-order valence-electron chi connectivity index (χ3n) is 14.8. The molecule has 7 rings (SSSR count). The molecule has 0 aliphatic heterocycles. The molecule has 0 bridgehead atoms. The number of hydrogen-bond donors (Lipinski definition) is 4. The van der Waals surface area contributed by atoms with Gasteiger partial charge in [0.2, 0.25) is 23.1 Å². The molecule has 0 amide bonds. The van der Waals surface area contributed by atoms with Gasteiger partial charge >= 0.3 is 0 Å². The quantitative estimate of drug-likeness (QED) is 0.0284. The van der Waals surface area contributed by atoms with Gasteiger partial charge in [0, 0.05) is 68.7 Å². The largest absolute Gasteiger partial charge is 0.504 e. The van der Waals surface area contributed by atoms with Crippen LogP contribution in [0.2, 0.25) is 0 Å². The summed E-state index contributed by atoms with van der Waals surface area (Å²) in [4.78, 5) is 47.4. The van der Waals surface area contributed by atoms with Crippen LogP contribution >= 0.6 is 22.6 Å². The Morgan fingerprint density at radius 1 is 0.245 bits per heavy atom. The fourth-order valence-corrected chi connectivity index (χ4v) is 11.0. The third kappa shape index (κ3) is 16.6. The van der Waals surface area contributed by atoms with Crippen molar-refractivity contribution in [2.24, 2.45) is 0 Å². The number of rotatable bonds is 22. The number of ketones is 4. The molecule has 543 valence electrons. The number of allylic oxidation sites excluding steroid dienone is 4. The van der Waals surface area contributed by atoms with Crippen LogP contribution in [-0.4, -0.2) is 186 Å². The Balaban J connectivity index is 0.000000429. The first-order valence-corrected chi connectivity index (χ1v) is 29.5. The van der Waals surface area contributed by atoms with E-state index in [1.54, 1.807) is 160 Å². The molecule has 5 aromatic rings. The van der Waals surface area contributed by atoms with Crippen molar-refractivity contribution in [1.82, 2.24) is 0 Å². The first-order chi connectivity index (χ1) is 46.1. The molecule has 28 nitrogen and oxygen atoms in total. The molecule has 2 aliphatic carbocycles. The Morgan fingerprint density at radius 2 is 0.429 bits per heavy atom. The van der Waals surface area contributed by atoms with Gasteiger partial charge in [-0.2, -0.15) is 0 Å². The number of aliphatic hydroxyl groups is 4. The second-order valence-electron chi connectivity index (χ2n) is 19.6. The average Bonchev–Trinajstić information content (AvgIpc) is 0.744. The van der Waals surface area contributed by atoms with Crippen molar-refractivity contribution in [1.29, 1.82) is 0 Å². The second kappa shape index (κ2) is 38.2. The topological polar surface area (TPSA) is 334 Å². The van der Waals surface area contributed by atoms with E-state index in [1.807, 2.05) is 27.7 Å². The zero-order valence-corrected chi connectivity index (χ0v) is 62.6. The van der Waals surface area contributed by atoms with Gasteiger partial charge in [0.25, 0.3) is 0 Å². The minimum absolute atomic E-state index is 0. The SMILES string of the molecule is CC1=C(O)C(=O)C(C2=C(O)C(=O)C(C)=C(O)C2=O)=C(O)C1=O.COc1c(C)c(OC)c(OC)c(-c2c(OC)c(OC)c(C)c(OC)c2OC)c1OC.COc1c(C)c(OC)c(OC)c(I)c1OC.COc1cc(OC)c(OC)c(C)c1OC.COc1cc(OC)c(OC)cc1OC.[Cu]. The van der Waals surface area contributed by atoms with Crippen molar-refractivity contribution < 1.29 is 151 Å². The summed E-state index contributed by atoms with van der Waals surface area (Å²) in [5, 5.41) is 38.7. The number of benzene rings is 5. The summed E-state index contributed by atoms with van der Waals surface area (Å²) < 4.78 is 109. The van der Waals surface area contributed by atoms with Gasteiger partial charge in [0.05, 0.1) is 164 Å². The van der Waals surface area contributed by atoms with Crippen molar-refractivity contribution in [2.45, 2.75) is 41.5 Å². The van der Waals surface area contributed by atoms with Crippen LogP contribution in [0, 0.1) is 31.3 Å². The maximum Gasteiger partial charge on any atom is 0.232 e. The van der Waals surface area contributed by atoms with Crippen LogP contribution < -0.4 is 94.7 Å². The van der Waals surface area contributed by atoms with E-state index < -0.39 is 68.5 Å². The van der Waals surface area contributed by atoms with E-state index in [0.717, 1.165) is 39.7 Å². The summed E-state index contributed by atoms with van der Waals surface area (Å²) in [6.45, 7) is 9.66. The van der Waals surface area contributed by atoms with Crippen molar-refractivity contribution in [2.75, 3.05) is 142 Å². The normalized spacial score (nSPS) is 12.2. The summed E-state index contributed by atoms with van der Waals surface area (Å²) in [6.07, 6.45) is 0. The number of methoxy groups -OCH3 is 20. The smallest absolute Gasteiger partial charge is 0.232 e. The van der Waals surface area contributed by atoms with E-state index in [2.05, 4.69) is 22.6 Å². The molecule has 0 atom stereocenters. The summed E-state index contributed by atoms with van der Waals surface area (Å²) in [7, 11) is 31.5. The number of carbonyl (C=O) groups is 4. The number of hydrogen-bond acceptors (Lipinski definition) is 28. The maximum absolute atomic E-state index is 12.0. The Hall–Kier alpha value is -9.81. The summed E-state index contributed by atoms with van der Waals surface area (Å²) in [5.74, 6) is 2.05. The van der Waals surface area contributed by atoms with Crippen LogP contribution in [0.4, 0.5) is 0 Å². The third-order valence-corrected chi connectivity index (χ3v) is 15.8. The number of carbonyl (C=O) groups excluding carboxylic acids is 4. The Bertz CT molecular complexity index is 3510. The predicted molar refractivity (Wildman–Crippen MR) is 364 cm³/mol. The predicted octanol–water partition coefficient (Wildman–Crippen LogP) is 11.0.